The molecule has 30 heavy (non-hydrogen) atoms. The largest absolute Gasteiger partial charge is 0.467 e. The van der Waals surface area contributed by atoms with Crippen LogP contribution in [0.2, 0.25) is 0 Å². The molecule has 2 amide bonds. The summed E-state index contributed by atoms with van der Waals surface area (Å²) in [4.78, 5) is 33.2. The van der Waals surface area contributed by atoms with Gasteiger partial charge in [0.2, 0.25) is 0 Å². The molecule has 2 aromatic carbocycles. The molecule has 1 aromatic heterocycles. The first-order valence-corrected chi connectivity index (χ1v) is 9.66. The second-order valence-corrected chi connectivity index (χ2v) is 7.19. The Labute approximate surface area is 173 Å². The van der Waals surface area contributed by atoms with Crippen LogP contribution in [0.3, 0.4) is 0 Å². The molecule has 0 aliphatic carbocycles. The number of aromatic nitrogens is 2. The van der Waals surface area contributed by atoms with Gasteiger partial charge in [-0.15, -0.1) is 0 Å². The molecule has 1 saturated heterocycles. The molecule has 0 spiro atoms. The number of carbonyl (C=O) groups is 2. The van der Waals surface area contributed by atoms with Crippen molar-refractivity contribution < 1.29 is 19.2 Å². The van der Waals surface area contributed by atoms with Crippen molar-refractivity contribution in [3.8, 4) is 5.69 Å². The van der Waals surface area contributed by atoms with Gasteiger partial charge in [-0.3, -0.25) is 4.84 Å². The van der Waals surface area contributed by atoms with E-state index in [1.807, 2.05) is 60.7 Å². The van der Waals surface area contributed by atoms with E-state index in [-0.39, 0.29) is 18.7 Å². The first kappa shape index (κ1) is 18.4. The molecule has 152 valence electrons. The number of rotatable bonds is 5. The number of hydroxylamine groups is 2. The number of amides is 2. The molecule has 0 saturated carbocycles. The zero-order valence-electron chi connectivity index (χ0n) is 16.3. The van der Waals surface area contributed by atoms with Gasteiger partial charge in [0, 0.05) is 5.56 Å². The molecular formula is C22H20N4O4. The Morgan fingerprint density at radius 3 is 2.50 bits per heavy atom. The third kappa shape index (κ3) is 2.84. The minimum atomic E-state index is -0.887. The summed E-state index contributed by atoms with van der Waals surface area (Å²) in [5, 5.41) is 5.87. The number of esters is 1. The average Bonchev–Trinajstić information content (AvgIpc) is 3.35. The molecule has 8 heteroatoms. The molecule has 8 nitrogen and oxygen atoms in total. The quantitative estimate of drug-likeness (QED) is 0.611. The lowest BCUT2D eigenvalue weighted by Gasteiger charge is -2.29. The van der Waals surface area contributed by atoms with Crippen LogP contribution in [0.1, 0.15) is 28.9 Å². The minimum Gasteiger partial charge on any atom is -0.467 e. The molecule has 3 aromatic rings. The summed E-state index contributed by atoms with van der Waals surface area (Å²) in [7, 11) is 1.32. The summed E-state index contributed by atoms with van der Waals surface area (Å²) < 4.78 is 6.74. The van der Waals surface area contributed by atoms with Gasteiger partial charge in [0.25, 0.3) is 0 Å². The smallest absolute Gasteiger partial charge is 0.345 e. The number of hydrogen-bond acceptors (Lipinski definition) is 5. The Kier molecular flexibility index (Phi) is 4.48. The maximum absolute atomic E-state index is 13.1. The molecule has 2 unspecified atom stereocenters. The van der Waals surface area contributed by atoms with E-state index in [9.17, 15) is 9.59 Å². The summed E-state index contributed by atoms with van der Waals surface area (Å²) >= 11 is 0. The van der Waals surface area contributed by atoms with E-state index in [0.717, 1.165) is 16.8 Å². The fourth-order valence-corrected chi connectivity index (χ4v) is 4.08. The van der Waals surface area contributed by atoms with Crippen LogP contribution in [0.15, 0.2) is 66.9 Å². The zero-order valence-corrected chi connectivity index (χ0v) is 16.3. The maximum Gasteiger partial charge on any atom is 0.345 e. The van der Waals surface area contributed by atoms with Gasteiger partial charge in [-0.05, 0) is 17.7 Å². The van der Waals surface area contributed by atoms with Crippen molar-refractivity contribution >= 4 is 12.0 Å². The van der Waals surface area contributed by atoms with E-state index in [2.05, 4.69) is 5.10 Å². The number of para-hydroxylation sites is 1. The minimum absolute atomic E-state index is 0.252. The van der Waals surface area contributed by atoms with Gasteiger partial charge < -0.3 is 9.64 Å². The predicted molar refractivity (Wildman–Crippen MR) is 106 cm³/mol. The van der Waals surface area contributed by atoms with E-state index in [0.29, 0.717) is 12.2 Å². The molecule has 2 bridgehead atoms. The van der Waals surface area contributed by atoms with E-state index in [1.54, 1.807) is 10.9 Å². The lowest BCUT2D eigenvalue weighted by atomic mass is 9.98. The standard InChI is InChI=1S/C22H20N4O4/c1-29-21(27)20-19-17(12-23-25(19)16-10-6-3-7-11-16)18-13-24(20)22(28)26(18)30-14-15-8-4-2-5-9-15/h2-12,18,20H,13-14H2,1H3. The number of nitrogens with zero attached hydrogens (tertiary/aromatic N) is 4. The fraction of sp³-hybridized carbons (Fsp3) is 0.227. The van der Waals surface area contributed by atoms with E-state index >= 15 is 0 Å². The van der Waals surface area contributed by atoms with Gasteiger partial charge in [0.05, 0.1) is 31.2 Å². The first-order chi connectivity index (χ1) is 14.7. The van der Waals surface area contributed by atoms with Gasteiger partial charge >= 0.3 is 12.0 Å². The summed E-state index contributed by atoms with van der Waals surface area (Å²) in [6.07, 6.45) is 1.71. The van der Waals surface area contributed by atoms with Crippen LogP contribution in [-0.4, -0.2) is 45.4 Å². The van der Waals surface area contributed by atoms with E-state index in [4.69, 9.17) is 9.57 Å². The van der Waals surface area contributed by atoms with Crippen molar-refractivity contribution in [1.29, 1.82) is 0 Å². The van der Waals surface area contributed by atoms with Crippen molar-refractivity contribution in [2.75, 3.05) is 13.7 Å². The number of benzene rings is 2. The van der Waals surface area contributed by atoms with Gasteiger partial charge in [-0.25, -0.2) is 14.3 Å². The van der Waals surface area contributed by atoms with Gasteiger partial charge in [-0.1, -0.05) is 48.5 Å². The summed E-state index contributed by atoms with van der Waals surface area (Å²) in [5.74, 6) is -0.509. The number of carbonyl (C=O) groups excluding carboxylic acids is 2. The Bertz CT molecular complexity index is 1080. The first-order valence-electron chi connectivity index (χ1n) is 9.66. The van der Waals surface area contributed by atoms with Crippen LogP contribution < -0.4 is 0 Å². The van der Waals surface area contributed by atoms with Crippen LogP contribution >= 0.6 is 0 Å². The van der Waals surface area contributed by atoms with Gasteiger partial charge in [0.1, 0.15) is 12.6 Å². The van der Waals surface area contributed by atoms with Crippen LogP contribution in [0.25, 0.3) is 5.69 Å². The normalized spacial score (nSPS) is 19.7. The highest BCUT2D eigenvalue weighted by atomic mass is 16.7. The molecule has 2 aliphatic heterocycles. The predicted octanol–water partition coefficient (Wildman–Crippen LogP) is 3.01. The zero-order chi connectivity index (χ0) is 20.7. The molecule has 1 fully saturated rings. The molecule has 0 N–H and O–H groups in total. The third-order valence-electron chi connectivity index (χ3n) is 5.49. The topological polar surface area (TPSA) is 76.9 Å². The highest BCUT2D eigenvalue weighted by molar-refractivity contribution is 5.87. The Hall–Kier alpha value is -3.65. The highest BCUT2D eigenvalue weighted by Gasteiger charge is 2.53. The molecular weight excluding hydrogens is 384 g/mol. The Morgan fingerprint density at radius 2 is 1.80 bits per heavy atom. The lowest BCUT2D eigenvalue weighted by molar-refractivity contribution is -0.146. The van der Waals surface area contributed by atoms with Gasteiger partial charge in [0.15, 0.2) is 6.04 Å². The van der Waals surface area contributed by atoms with Crippen molar-refractivity contribution in [2.45, 2.75) is 18.7 Å². The molecule has 2 atom stereocenters. The van der Waals surface area contributed by atoms with Crippen molar-refractivity contribution in [1.82, 2.24) is 19.7 Å². The fourth-order valence-electron chi connectivity index (χ4n) is 4.08. The van der Waals surface area contributed by atoms with E-state index < -0.39 is 12.0 Å². The second kappa shape index (κ2) is 7.31. The molecule has 2 aliphatic rings. The van der Waals surface area contributed by atoms with Crippen molar-refractivity contribution in [3.05, 3.63) is 83.7 Å². The third-order valence-corrected chi connectivity index (χ3v) is 5.49. The van der Waals surface area contributed by atoms with Gasteiger partial charge in [-0.2, -0.15) is 10.2 Å². The second-order valence-electron chi connectivity index (χ2n) is 7.19. The molecule has 0 radical (unpaired) electrons. The van der Waals surface area contributed by atoms with Crippen LogP contribution in [0.5, 0.6) is 0 Å². The van der Waals surface area contributed by atoms with Crippen molar-refractivity contribution in [2.24, 2.45) is 0 Å². The summed E-state index contributed by atoms with van der Waals surface area (Å²) in [6.45, 7) is 0.586. The van der Waals surface area contributed by atoms with Crippen LogP contribution in [0.4, 0.5) is 4.79 Å². The lowest BCUT2D eigenvalue weighted by Crippen LogP contribution is -2.40. The maximum atomic E-state index is 13.1. The molecule has 3 heterocycles. The number of ether oxygens (including phenoxy) is 1. The SMILES string of the molecule is COC(=O)C1c2c(cnn2-c2ccccc2)C2CN1C(=O)N2OCc1ccccc1. The highest BCUT2D eigenvalue weighted by Crippen LogP contribution is 2.45. The number of methoxy groups -OCH3 is 1. The number of fused-ring (bicyclic) bond motifs is 4. The Morgan fingerprint density at radius 1 is 1.10 bits per heavy atom. The number of hydrogen-bond donors (Lipinski definition) is 0. The molecule has 5 rings (SSSR count). The van der Waals surface area contributed by atoms with E-state index in [1.165, 1.54) is 17.1 Å². The average molecular weight is 404 g/mol. The Balaban J connectivity index is 1.54. The van der Waals surface area contributed by atoms with Crippen LogP contribution in [-0.2, 0) is 21.0 Å². The summed E-state index contributed by atoms with van der Waals surface area (Å²) in [5.41, 5.74) is 3.17. The van der Waals surface area contributed by atoms with Crippen LogP contribution in [0, 0.1) is 0 Å². The summed E-state index contributed by atoms with van der Waals surface area (Å²) in [6, 6.07) is 17.5. The van der Waals surface area contributed by atoms with Crippen molar-refractivity contribution in [3.63, 3.8) is 0 Å². The number of urea groups is 1. The monoisotopic (exact) mass is 404 g/mol.